The lowest BCUT2D eigenvalue weighted by molar-refractivity contribution is 0.0518. The Hall–Kier alpha value is -1.29. The highest BCUT2D eigenvalue weighted by Gasteiger charge is 2.29. The van der Waals surface area contributed by atoms with Gasteiger partial charge in [-0.1, -0.05) is 12.2 Å². The number of nitrogens with one attached hydrogen (secondary N) is 1. The van der Waals surface area contributed by atoms with Gasteiger partial charge in [0, 0.05) is 6.54 Å². The third-order valence-electron chi connectivity index (χ3n) is 3.55. The molecular weight excluding hydrogens is 266 g/mol. The Bertz CT molecular complexity index is 385. The predicted molar refractivity (Wildman–Crippen MR) is 87.3 cm³/mol. The van der Waals surface area contributed by atoms with Crippen molar-refractivity contribution in [2.24, 2.45) is 0 Å². The maximum absolute atomic E-state index is 11.5. The van der Waals surface area contributed by atoms with Crippen LogP contribution in [0.5, 0.6) is 0 Å². The molecule has 0 radical (unpaired) electrons. The van der Waals surface area contributed by atoms with E-state index in [-0.39, 0.29) is 0 Å². The number of allylic oxidation sites excluding steroid dienone is 2. The first-order valence-corrected chi connectivity index (χ1v) is 7.53. The van der Waals surface area contributed by atoms with Crippen molar-refractivity contribution in [2.45, 2.75) is 72.5 Å². The summed E-state index contributed by atoms with van der Waals surface area (Å²) in [6.45, 7) is 13.7. The van der Waals surface area contributed by atoms with Crippen molar-refractivity contribution in [2.75, 3.05) is 6.54 Å². The van der Waals surface area contributed by atoms with Crippen LogP contribution in [0.15, 0.2) is 23.3 Å². The van der Waals surface area contributed by atoms with Gasteiger partial charge in [0.05, 0.1) is 0 Å². The first-order valence-electron chi connectivity index (χ1n) is 7.53. The number of hydrogen-bond acceptors (Lipinski definition) is 3. The average Bonchev–Trinajstić information content (AvgIpc) is 2.39. The highest BCUT2D eigenvalue weighted by atomic mass is 16.6. The van der Waals surface area contributed by atoms with Gasteiger partial charge in [0.15, 0.2) is 0 Å². The third kappa shape index (κ3) is 6.80. The summed E-state index contributed by atoms with van der Waals surface area (Å²) in [7, 11) is 0. The van der Waals surface area contributed by atoms with Crippen LogP contribution in [-0.2, 0) is 4.74 Å². The molecule has 4 heteroatoms. The van der Waals surface area contributed by atoms with Crippen LogP contribution in [-0.4, -0.2) is 28.9 Å². The van der Waals surface area contributed by atoms with Crippen LogP contribution in [0.4, 0.5) is 4.79 Å². The molecule has 1 amide bonds. The zero-order valence-corrected chi connectivity index (χ0v) is 14.5. The molecule has 0 fully saturated rings. The molecule has 0 heterocycles. The number of amides is 1. The van der Waals surface area contributed by atoms with E-state index in [4.69, 9.17) is 4.74 Å². The van der Waals surface area contributed by atoms with Gasteiger partial charge in [-0.15, -0.1) is 0 Å². The molecule has 0 aliphatic carbocycles. The van der Waals surface area contributed by atoms with Crippen LogP contribution in [0.2, 0.25) is 0 Å². The van der Waals surface area contributed by atoms with Crippen LogP contribution < -0.4 is 5.32 Å². The molecule has 0 atom stereocenters. The van der Waals surface area contributed by atoms with Crippen LogP contribution in [0.1, 0.15) is 61.3 Å². The Morgan fingerprint density at radius 2 is 1.62 bits per heavy atom. The number of carbonyl (C=O) groups is 1. The minimum absolute atomic E-state index is 0.420. The minimum atomic E-state index is -0.931. The molecule has 0 aliphatic heterocycles. The van der Waals surface area contributed by atoms with Gasteiger partial charge in [0.2, 0.25) is 0 Å². The number of carbonyl (C=O) groups excluding carboxylic acids is 1. The van der Waals surface area contributed by atoms with E-state index in [9.17, 15) is 9.90 Å². The summed E-state index contributed by atoms with van der Waals surface area (Å²) in [5.74, 6) is 0. The molecule has 0 aliphatic rings. The van der Waals surface area contributed by atoms with Gasteiger partial charge in [-0.25, -0.2) is 4.79 Å². The molecule has 0 aromatic heterocycles. The van der Waals surface area contributed by atoms with Gasteiger partial charge < -0.3 is 15.2 Å². The van der Waals surface area contributed by atoms with E-state index in [1.165, 1.54) is 0 Å². The Labute approximate surface area is 129 Å². The molecule has 0 rings (SSSR count). The Morgan fingerprint density at radius 1 is 1.14 bits per heavy atom. The highest BCUT2D eigenvalue weighted by Crippen LogP contribution is 2.30. The van der Waals surface area contributed by atoms with Crippen molar-refractivity contribution in [3.63, 3.8) is 0 Å². The van der Waals surface area contributed by atoms with E-state index in [1.54, 1.807) is 0 Å². The van der Waals surface area contributed by atoms with Crippen LogP contribution in [0.3, 0.4) is 0 Å². The molecule has 0 saturated heterocycles. The molecule has 0 bridgehead atoms. The van der Waals surface area contributed by atoms with Crippen molar-refractivity contribution in [1.82, 2.24) is 5.32 Å². The first kappa shape index (κ1) is 19.7. The second-order valence-corrected chi connectivity index (χ2v) is 6.34. The highest BCUT2D eigenvalue weighted by molar-refractivity contribution is 5.67. The molecule has 0 aromatic carbocycles. The molecule has 122 valence electrons. The summed E-state index contributed by atoms with van der Waals surface area (Å²) in [5, 5.41) is 13.5. The molecule has 0 spiro atoms. The van der Waals surface area contributed by atoms with E-state index in [0.29, 0.717) is 19.4 Å². The van der Waals surface area contributed by atoms with Crippen molar-refractivity contribution in [3.8, 4) is 0 Å². The number of aliphatic hydroxyl groups is 1. The summed E-state index contributed by atoms with van der Waals surface area (Å²) < 4.78 is 5.17. The lowest BCUT2D eigenvalue weighted by Crippen LogP contribution is -2.35. The SMILES string of the molecule is C/C=C(\C)C(O)(CCCNC(=O)OC(C)(C)C)/C(C)=C/C. The fourth-order valence-corrected chi connectivity index (χ4v) is 2.03. The summed E-state index contributed by atoms with van der Waals surface area (Å²) in [4.78, 5) is 11.5. The molecule has 0 aromatic rings. The summed E-state index contributed by atoms with van der Waals surface area (Å²) in [6.07, 6.45) is 4.67. The zero-order valence-electron chi connectivity index (χ0n) is 14.5. The monoisotopic (exact) mass is 297 g/mol. The smallest absolute Gasteiger partial charge is 0.407 e. The second kappa shape index (κ2) is 8.23. The molecule has 0 unspecified atom stereocenters. The summed E-state index contributed by atoms with van der Waals surface area (Å²) in [5.41, 5.74) is 0.429. The fraction of sp³-hybridized carbons (Fsp3) is 0.706. The molecule has 21 heavy (non-hydrogen) atoms. The van der Waals surface area contributed by atoms with E-state index in [1.807, 2.05) is 60.6 Å². The quantitative estimate of drug-likeness (QED) is 0.576. The van der Waals surface area contributed by atoms with Gasteiger partial charge in [-0.05, 0) is 72.5 Å². The molecule has 4 nitrogen and oxygen atoms in total. The summed E-state index contributed by atoms with van der Waals surface area (Å²) >= 11 is 0. The standard InChI is InChI=1S/C17H31NO3/c1-8-13(3)17(20,14(4)9-2)11-10-12-18-15(19)21-16(5,6)7/h8-9,20H,10-12H2,1-7H3,(H,18,19)/b13-8+,14-9+. The lowest BCUT2D eigenvalue weighted by atomic mass is 9.83. The normalized spacial score (nSPS) is 16.4. The van der Waals surface area contributed by atoms with Crippen molar-refractivity contribution < 1.29 is 14.6 Å². The number of alkyl carbamates (subject to hydrolysis) is 1. The minimum Gasteiger partial charge on any atom is -0.444 e. The Kier molecular flexibility index (Phi) is 7.72. The maximum Gasteiger partial charge on any atom is 0.407 e. The average molecular weight is 297 g/mol. The van der Waals surface area contributed by atoms with Gasteiger partial charge in [0.25, 0.3) is 0 Å². The summed E-state index contributed by atoms with van der Waals surface area (Å²) in [6, 6.07) is 0. The van der Waals surface area contributed by atoms with Gasteiger partial charge in [0.1, 0.15) is 11.2 Å². The van der Waals surface area contributed by atoms with Crippen LogP contribution >= 0.6 is 0 Å². The zero-order chi connectivity index (χ0) is 16.7. The lowest BCUT2D eigenvalue weighted by Gasteiger charge is -2.31. The van der Waals surface area contributed by atoms with Crippen LogP contribution in [0.25, 0.3) is 0 Å². The van der Waals surface area contributed by atoms with Gasteiger partial charge >= 0.3 is 6.09 Å². The Morgan fingerprint density at radius 3 is 2.00 bits per heavy atom. The van der Waals surface area contributed by atoms with Gasteiger partial charge in [-0.2, -0.15) is 0 Å². The Balaban J connectivity index is 4.45. The van der Waals surface area contributed by atoms with E-state index in [0.717, 1.165) is 11.1 Å². The van der Waals surface area contributed by atoms with E-state index < -0.39 is 17.3 Å². The first-order chi connectivity index (χ1) is 9.56. The number of ether oxygens (including phenoxy) is 1. The topological polar surface area (TPSA) is 58.6 Å². The largest absolute Gasteiger partial charge is 0.444 e. The second-order valence-electron chi connectivity index (χ2n) is 6.34. The third-order valence-corrected chi connectivity index (χ3v) is 3.55. The maximum atomic E-state index is 11.5. The van der Waals surface area contributed by atoms with Gasteiger partial charge in [-0.3, -0.25) is 0 Å². The number of hydrogen-bond donors (Lipinski definition) is 2. The van der Waals surface area contributed by atoms with Crippen molar-refractivity contribution in [1.29, 1.82) is 0 Å². The van der Waals surface area contributed by atoms with E-state index in [2.05, 4.69) is 5.32 Å². The predicted octanol–water partition coefficient (Wildman–Crippen LogP) is 3.95. The fourth-order valence-electron chi connectivity index (χ4n) is 2.03. The number of rotatable bonds is 6. The van der Waals surface area contributed by atoms with E-state index >= 15 is 0 Å². The molecule has 2 N–H and O–H groups in total. The molecule has 0 saturated carbocycles. The van der Waals surface area contributed by atoms with Crippen molar-refractivity contribution in [3.05, 3.63) is 23.3 Å². The molecular formula is C17H31NO3. The van der Waals surface area contributed by atoms with Crippen molar-refractivity contribution >= 4 is 6.09 Å². The van der Waals surface area contributed by atoms with Crippen LogP contribution in [0, 0.1) is 0 Å².